The van der Waals surface area contributed by atoms with Gasteiger partial charge in [0.25, 0.3) is 0 Å². The lowest BCUT2D eigenvalue weighted by Crippen LogP contribution is -2.44. The summed E-state index contributed by atoms with van der Waals surface area (Å²) in [6.45, 7) is 1.54. The molecule has 2 aliphatic carbocycles. The number of carbonyl (C=O) groups excluding carboxylic acids is 1. The maximum Gasteiger partial charge on any atom is 0.326 e. The number of rotatable bonds is 3. The van der Waals surface area contributed by atoms with Crippen LogP contribution in [0.4, 0.5) is 0 Å². The Morgan fingerprint density at radius 3 is 2.50 bits per heavy atom. The molecule has 4 unspecified atom stereocenters. The molecule has 0 spiro atoms. The summed E-state index contributed by atoms with van der Waals surface area (Å²) in [6, 6.07) is -0.740. The zero-order valence-corrected chi connectivity index (χ0v) is 9.59. The minimum Gasteiger partial charge on any atom is -0.480 e. The Morgan fingerprint density at radius 1 is 1.38 bits per heavy atom. The normalized spacial score (nSPS) is 32.8. The summed E-state index contributed by atoms with van der Waals surface area (Å²) in [7, 11) is 1.58. The zero-order chi connectivity index (χ0) is 11.9. The molecule has 0 radical (unpaired) electrons. The van der Waals surface area contributed by atoms with E-state index in [4.69, 9.17) is 5.11 Å². The highest BCUT2D eigenvalue weighted by molar-refractivity contribution is 5.85. The highest BCUT2D eigenvalue weighted by atomic mass is 16.4. The number of carboxylic acids is 1. The molecule has 0 aromatic carbocycles. The molecule has 2 aliphatic rings. The third-order valence-electron chi connectivity index (χ3n) is 3.88. The molecule has 1 saturated carbocycles. The van der Waals surface area contributed by atoms with Gasteiger partial charge in [-0.25, -0.2) is 4.79 Å². The SMILES string of the molecule is CC(C(=O)O)N(C)C(=O)C1CC2C=CC1C2. The Labute approximate surface area is 94.9 Å². The number of carbonyl (C=O) groups is 2. The number of nitrogens with zero attached hydrogens (tertiary/aromatic N) is 1. The van der Waals surface area contributed by atoms with Crippen LogP contribution in [0.1, 0.15) is 19.8 Å². The van der Waals surface area contributed by atoms with Crippen molar-refractivity contribution >= 4 is 11.9 Å². The second-order valence-corrected chi connectivity index (χ2v) is 4.85. The molecule has 88 valence electrons. The minimum absolute atomic E-state index is 0.00167. The fourth-order valence-electron chi connectivity index (χ4n) is 2.68. The van der Waals surface area contributed by atoms with Gasteiger partial charge in [0, 0.05) is 13.0 Å². The standard InChI is InChI=1S/C12H17NO3/c1-7(12(15)16)13(2)11(14)10-6-8-3-4-9(10)5-8/h3-4,7-10H,5-6H2,1-2H3,(H,15,16). The van der Waals surface area contributed by atoms with Crippen molar-refractivity contribution in [1.82, 2.24) is 4.90 Å². The third kappa shape index (κ3) is 1.72. The number of hydrogen-bond acceptors (Lipinski definition) is 2. The van der Waals surface area contributed by atoms with E-state index in [9.17, 15) is 9.59 Å². The largest absolute Gasteiger partial charge is 0.480 e. The van der Waals surface area contributed by atoms with E-state index in [1.54, 1.807) is 14.0 Å². The fourth-order valence-corrected chi connectivity index (χ4v) is 2.68. The first kappa shape index (κ1) is 11.2. The lowest BCUT2D eigenvalue weighted by atomic mass is 9.92. The average Bonchev–Trinajstić information content (AvgIpc) is 2.87. The van der Waals surface area contributed by atoms with Crippen LogP contribution >= 0.6 is 0 Å². The Kier molecular flexibility index (Phi) is 2.74. The number of amides is 1. The van der Waals surface area contributed by atoms with E-state index in [0.29, 0.717) is 11.8 Å². The van der Waals surface area contributed by atoms with Crippen LogP contribution in [-0.2, 0) is 9.59 Å². The molecule has 0 heterocycles. The van der Waals surface area contributed by atoms with E-state index >= 15 is 0 Å². The third-order valence-corrected chi connectivity index (χ3v) is 3.88. The van der Waals surface area contributed by atoms with Gasteiger partial charge in [-0.1, -0.05) is 12.2 Å². The summed E-state index contributed by atoms with van der Waals surface area (Å²) in [4.78, 5) is 24.3. The van der Waals surface area contributed by atoms with Gasteiger partial charge >= 0.3 is 5.97 Å². The van der Waals surface area contributed by atoms with Gasteiger partial charge < -0.3 is 10.0 Å². The Balaban J connectivity index is 2.03. The highest BCUT2D eigenvalue weighted by Gasteiger charge is 2.42. The van der Waals surface area contributed by atoms with Crippen molar-refractivity contribution in [3.63, 3.8) is 0 Å². The summed E-state index contributed by atoms with van der Waals surface area (Å²) in [5.41, 5.74) is 0. The number of likely N-dealkylation sites (N-methyl/N-ethyl adjacent to an activating group) is 1. The van der Waals surface area contributed by atoms with E-state index in [1.807, 2.05) is 0 Å². The predicted molar refractivity (Wildman–Crippen MR) is 58.7 cm³/mol. The Bertz CT molecular complexity index is 350. The quantitative estimate of drug-likeness (QED) is 0.730. The first-order chi connectivity index (χ1) is 7.50. The Hall–Kier alpha value is -1.32. The van der Waals surface area contributed by atoms with Gasteiger partial charge in [0.15, 0.2) is 0 Å². The van der Waals surface area contributed by atoms with Crippen molar-refractivity contribution in [3.8, 4) is 0 Å². The van der Waals surface area contributed by atoms with E-state index in [0.717, 1.165) is 12.8 Å². The van der Waals surface area contributed by atoms with Crippen LogP contribution in [0, 0.1) is 17.8 Å². The van der Waals surface area contributed by atoms with Crippen molar-refractivity contribution in [2.75, 3.05) is 7.05 Å². The summed E-state index contributed by atoms with van der Waals surface area (Å²) in [5.74, 6) is -0.100. The van der Waals surface area contributed by atoms with Crippen molar-refractivity contribution in [2.45, 2.75) is 25.8 Å². The molecular weight excluding hydrogens is 206 g/mol. The molecule has 4 nitrogen and oxygen atoms in total. The van der Waals surface area contributed by atoms with E-state index in [1.165, 1.54) is 4.90 Å². The molecule has 0 aromatic rings. The van der Waals surface area contributed by atoms with Crippen LogP contribution in [0.2, 0.25) is 0 Å². The molecule has 0 aromatic heterocycles. The van der Waals surface area contributed by atoms with Crippen LogP contribution in [0.25, 0.3) is 0 Å². The van der Waals surface area contributed by atoms with Gasteiger partial charge in [-0.2, -0.15) is 0 Å². The van der Waals surface area contributed by atoms with Crippen LogP contribution in [0.3, 0.4) is 0 Å². The lowest BCUT2D eigenvalue weighted by Gasteiger charge is -2.27. The molecule has 1 fully saturated rings. The number of fused-ring (bicyclic) bond motifs is 2. The monoisotopic (exact) mass is 223 g/mol. The average molecular weight is 223 g/mol. The maximum absolute atomic E-state index is 12.1. The Morgan fingerprint density at radius 2 is 2.06 bits per heavy atom. The van der Waals surface area contributed by atoms with Crippen molar-refractivity contribution in [2.24, 2.45) is 17.8 Å². The zero-order valence-electron chi connectivity index (χ0n) is 9.59. The van der Waals surface area contributed by atoms with Crippen LogP contribution in [-0.4, -0.2) is 35.0 Å². The predicted octanol–water partition coefficient (Wildman–Crippen LogP) is 1.13. The number of allylic oxidation sites excluding steroid dienone is 2. The molecule has 16 heavy (non-hydrogen) atoms. The first-order valence-electron chi connectivity index (χ1n) is 5.68. The maximum atomic E-state index is 12.1. The summed E-state index contributed by atoms with van der Waals surface area (Å²) in [6.07, 6.45) is 6.23. The highest BCUT2D eigenvalue weighted by Crippen LogP contribution is 2.44. The molecule has 0 aliphatic heterocycles. The molecule has 4 atom stereocenters. The van der Waals surface area contributed by atoms with Gasteiger partial charge in [-0.15, -0.1) is 0 Å². The molecule has 1 amide bonds. The second kappa shape index (κ2) is 3.92. The summed E-state index contributed by atoms with van der Waals surface area (Å²) < 4.78 is 0. The van der Waals surface area contributed by atoms with Crippen molar-refractivity contribution in [3.05, 3.63) is 12.2 Å². The van der Waals surface area contributed by atoms with Crippen molar-refractivity contribution in [1.29, 1.82) is 0 Å². The molecule has 2 bridgehead atoms. The molecule has 2 rings (SSSR count). The van der Waals surface area contributed by atoms with Gasteiger partial charge in [0.05, 0.1) is 0 Å². The second-order valence-electron chi connectivity index (χ2n) is 4.85. The van der Waals surface area contributed by atoms with Gasteiger partial charge in [0.2, 0.25) is 5.91 Å². The smallest absolute Gasteiger partial charge is 0.326 e. The van der Waals surface area contributed by atoms with Gasteiger partial charge in [-0.3, -0.25) is 4.79 Å². The topological polar surface area (TPSA) is 57.6 Å². The first-order valence-corrected chi connectivity index (χ1v) is 5.68. The molecule has 4 heteroatoms. The van der Waals surface area contributed by atoms with Crippen molar-refractivity contribution < 1.29 is 14.7 Å². The summed E-state index contributed by atoms with van der Waals surface area (Å²) >= 11 is 0. The molecule has 0 saturated heterocycles. The fraction of sp³-hybridized carbons (Fsp3) is 0.667. The van der Waals surface area contributed by atoms with E-state index in [2.05, 4.69) is 12.2 Å². The van der Waals surface area contributed by atoms with Crippen LogP contribution < -0.4 is 0 Å². The van der Waals surface area contributed by atoms with Crippen LogP contribution in [0.5, 0.6) is 0 Å². The number of carboxylic acid groups (broad SMARTS) is 1. The summed E-state index contributed by atoms with van der Waals surface area (Å²) in [5, 5.41) is 8.87. The van der Waals surface area contributed by atoms with E-state index < -0.39 is 12.0 Å². The van der Waals surface area contributed by atoms with Gasteiger partial charge in [0.1, 0.15) is 6.04 Å². The van der Waals surface area contributed by atoms with Gasteiger partial charge in [-0.05, 0) is 31.6 Å². The lowest BCUT2D eigenvalue weighted by molar-refractivity contribution is -0.150. The number of aliphatic carboxylic acids is 1. The van der Waals surface area contributed by atoms with Crippen LogP contribution in [0.15, 0.2) is 12.2 Å². The molecular formula is C12H17NO3. The minimum atomic E-state index is -0.949. The number of hydrogen-bond donors (Lipinski definition) is 1. The molecule has 1 N–H and O–H groups in total. The van der Waals surface area contributed by atoms with E-state index in [-0.39, 0.29) is 11.8 Å².